The molecule has 0 unspecified atom stereocenters. The van der Waals surface area contributed by atoms with E-state index in [1.165, 1.54) is 0 Å². The van der Waals surface area contributed by atoms with E-state index in [1.807, 2.05) is 0 Å². The van der Waals surface area contributed by atoms with Gasteiger partial charge in [-0.3, -0.25) is 4.79 Å². The van der Waals surface area contributed by atoms with Gasteiger partial charge in [0.05, 0.1) is 7.11 Å². The third-order valence-corrected chi connectivity index (χ3v) is 0.613. The number of rotatable bonds is 4. The third kappa shape index (κ3) is 5.30. The van der Waals surface area contributed by atoms with Gasteiger partial charge in [0, 0.05) is 18.5 Å². The Labute approximate surface area is 60.3 Å². The summed E-state index contributed by atoms with van der Waals surface area (Å²) in [5, 5.41) is 8.46. The van der Waals surface area contributed by atoms with Crippen LogP contribution < -0.4 is 0 Å². The molecule has 0 fully saturated rings. The van der Waals surface area contributed by atoms with Gasteiger partial charge >= 0.3 is 5.97 Å². The van der Waals surface area contributed by atoms with Crippen molar-refractivity contribution in [3.63, 3.8) is 0 Å². The van der Waals surface area contributed by atoms with Gasteiger partial charge in [-0.15, -0.1) is 0 Å². The molecule has 0 bridgehead atoms. The highest BCUT2D eigenvalue weighted by Crippen LogP contribution is 1.94. The van der Waals surface area contributed by atoms with Crippen molar-refractivity contribution in [2.24, 2.45) is 0 Å². The molecule has 3 nitrogen and oxygen atoms in total. The van der Waals surface area contributed by atoms with Crippen LogP contribution >= 0.6 is 0 Å². The minimum atomic E-state index is -2.73. The largest absolute Gasteiger partial charge is 0.469 e. The Morgan fingerprint density at radius 2 is 2.56 bits per heavy atom. The molecule has 0 aliphatic carbocycles. The number of methoxy groups -OCH3 is 1. The van der Waals surface area contributed by atoms with E-state index in [9.17, 15) is 4.79 Å². The molecule has 0 saturated heterocycles. The van der Waals surface area contributed by atoms with Crippen LogP contribution in [0.25, 0.3) is 0 Å². The van der Waals surface area contributed by atoms with Crippen molar-refractivity contribution in [2.75, 3.05) is 13.7 Å². The Kier molecular flexibility index (Phi) is 2.20. The number of hydrogen-bond donors (Lipinski definition) is 1. The molecule has 0 heterocycles. The number of carbonyl (C=O) groups excluding carboxylic acids is 1. The second kappa shape index (κ2) is 5.56. The monoisotopic (exact) mass is 136 g/mol. The van der Waals surface area contributed by atoms with E-state index < -0.39 is 31.7 Å². The SMILES string of the molecule is [2H]C([2H])(CCO)C([2H])([2H])C(=O)OC. The normalized spacial score (nSPS) is 18.9. The van der Waals surface area contributed by atoms with Crippen molar-refractivity contribution in [3.8, 4) is 0 Å². The van der Waals surface area contributed by atoms with Gasteiger partial charge < -0.3 is 9.84 Å². The molecule has 0 rings (SSSR count). The van der Waals surface area contributed by atoms with Gasteiger partial charge in [-0.05, 0) is 12.8 Å². The average Bonchev–Trinajstić information content (AvgIpc) is 2.02. The van der Waals surface area contributed by atoms with Crippen LogP contribution in [0.2, 0.25) is 0 Å². The van der Waals surface area contributed by atoms with Crippen LogP contribution in [0.4, 0.5) is 0 Å². The van der Waals surface area contributed by atoms with Crippen molar-refractivity contribution in [2.45, 2.75) is 19.2 Å². The standard InChI is InChI=1S/C6H12O3/c1-9-6(8)4-2-3-5-7/h7H,2-5H2,1H3/i2D2,4D2. The Bertz CT molecular complexity index is 192. The first-order valence-corrected chi connectivity index (χ1v) is 2.49. The van der Waals surface area contributed by atoms with Crippen molar-refractivity contribution < 1.29 is 20.1 Å². The fourth-order valence-electron chi connectivity index (χ4n) is 0.242. The summed E-state index contributed by atoms with van der Waals surface area (Å²) in [5.74, 6) is -1.27. The van der Waals surface area contributed by atoms with Crippen molar-refractivity contribution in [1.29, 1.82) is 0 Å². The lowest BCUT2D eigenvalue weighted by Gasteiger charge is -1.95. The Morgan fingerprint density at radius 1 is 1.89 bits per heavy atom. The molecule has 0 aromatic rings. The Morgan fingerprint density at radius 3 is 3.00 bits per heavy atom. The van der Waals surface area contributed by atoms with E-state index in [0.717, 1.165) is 7.11 Å². The van der Waals surface area contributed by atoms with Crippen LogP contribution in [0.15, 0.2) is 0 Å². The molecule has 0 aliphatic heterocycles. The molecule has 0 spiro atoms. The lowest BCUT2D eigenvalue weighted by atomic mass is 10.2. The zero-order valence-electron chi connectivity index (χ0n) is 9.18. The van der Waals surface area contributed by atoms with E-state index >= 15 is 0 Å². The smallest absolute Gasteiger partial charge is 0.305 e. The number of ether oxygens (including phenoxy) is 1. The molecule has 3 heteroatoms. The number of carbonyl (C=O) groups is 1. The van der Waals surface area contributed by atoms with Crippen molar-refractivity contribution >= 4 is 5.97 Å². The quantitative estimate of drug-likeness (QED) is 0.566. The molecule has 0 amide bonds. The maximum Gasteiger partial charge on any atom is 0.305 e. The fraction of sp³-hybridized carbons (Fsp3) is 0.833. The zero-order chi connectivity index (χ0) is 10.7. The lowest BCUT2D eigenvalue weighted by molar-refractivity contribution is -0.140. The minimum absolute atomic E-state index is 0.449. The van der Waals surface area contributed by atoms with Crippen LogP contribution in [0, 0.1) is 0 Å². The van der Waals surface area contributed by atoms with Crippen molar-refractivity contribution in [1.82, 2.24) is 0 Å². The Hall–Kier alpha value is -0.570. The summed E-state index contributed by atoms with van der Waals surface area (Å²) in [5.41, 5.74) is 0. The van der Waals surface area contributed by atoms with Gasteiger partial charge in [0.2, 0.25) is 0 Å². The molecule has 54 valence electrons. The molecule has 0 aromatic heterocycles. The van der Waals surface area contributed by atoms with Gasteiger partial charge in [0.25, 0.3) is 0 Å². The third-order valence-electron chi connectivity index (χ3n) is 0.613. The summed E-state index contributed by atoms with van der Waals surface area (Å²) >= 11 is 0. The summed E-state index contributed by atoms with van der Waals surface area (Å²) in [6.07, 6.45) is -5.60. The molecule has 0 aliphatic rings. The van der Waals surface area contributed by atoms with Crippen LogP contribution in [0.1, 0.15) is 24.6 Å². The maximum absolute atomic E-state index is 10.8. The first-order chi connectivity index (χ1) is 5.79. The average molecular weight is 136 g/mol. The summed E-state index contributed by atoms with van der Waals surface area (Å²) in [6.45, 7) is -0.524. The second-order valence-electron chi connectivity index (χ2n) is 1.27. The van der Waals surface area contributed by atoms with E-state index in [-0.39, 0.29) is 0 Å². The van der Waals surface area contributed by atoms with Crippen LogP contribution in [-0.4, -0.2) is 24.8 Å². The molecule has 0 aromatic carbocycles. The molecule has 0 radical (unpaired) electrons. The molecular formula is C6H12O3. The van der Waals surface area contributed by atoms with E-state index in [0.29, 0.717) is 0 Å². The van der Waals surface area contributed by atoms with Crippen LogP contribution in [0.3, 0.4) is 0 Å². The van der Waals surface area contributed by atoms with E-state index in [1.54, 1.807) is 0 Å². The second-order valence-corrected chi connectivity index (χ2v) is 1.27. The van der Waals surface area contributed by atoms with Gasteiger partial charge in [-0.2, -0.15) is 0 Å². The van der Waals surface area contributed by atoms with Crippen LogP contribution in [0.5, 0.6) is 0 Å². The molecule has 1 N–H and O–H groups in total. The van der Waals surface area contributed by atoms with Crippen molar-refractivity contribution in [3.05, 3.63) is 0 Å². The van der Waals surface area contributed by atoms with Gasteiger partial charge in [0.1, 0.15) is 0 Å². The first kappa shape index (κ1) is 3.56. The van der Waals surface area contributed by atoms with Gasteiger partial charge in [0.15, 0.2) is 0 Å². The predicted octanol–water partition coefficient (Wildman–Crippen LogP) is 0.322. The van der Waals surface area contributed by atoms with E-state index in [2.05, 4.69) is 4.74 Å². The molecule has 0 saturated carbocycles. The topological polar surface area (TPSA) is 46.5 Å². The zero-order valence-corrected chi connectivity index (χ0v) is 5.18. The van der Waals surface area contributed by atoms with Crippen LogP contribution in [-0.2, 0) is 9.53 Å². The van der Waals surface area contributed by atoms with Gasteiger partial charge in [-0.1, -0.05) is 0 Å². The number of hydrogen-bond acceptors (Lipinski definition) is 3. The van der Waals surface area contributed by atoms with Gasteiger partial charge in [-0.25, -0.2) is 0 Å². The Balaban J connectivity index is 4.69. The number of aliphatic hydroxyl groups excluding tert-OH is 1. The highest BCUT2D eigenvalue weighted by molar-refractivity contribution is 5.68. The lowest BCUT2D eigenvalue weighted by Crippen LogP contribution is -1.99. The summed E-state index contributed by atoms with van der Waals surface area (Å²) in [4.78, 5) is 10.8. The minimum Gasteiger partial charge on any atom is -0.469 e. The number of esters is 1. The number of aliphatic hydroxyl groups is 1. The summed E-state index contributed by atoms with van der Waals surface area (Å²) < 4.78 is 32.8. The van der Waals surface area contributed by atoms with E-state index in [4.69, 9.17) is 10.6 Å². The fourth-order valence-corrected chi connectivity index (χ4v) is 0.242. The summed E-state index contributed by atoms with van der Waals surface area (Å²) in [6, 6.07) is 0. The predicted molar refractivity (Wildman–Crippen MR) is 33.0 cm³/mol. The molecule has 9 heavy (non-hydrogen) atoms. The first-order valence-electron chi connectivity index (χ1n) is 4.49. The molecular weight excluding hydrogens is 120 g/mol. The summed E-state index contributed by atoms with van der Waals surface area (Å²) in [7, 11) is 0.981. The molecule has 0 atom stereocenters. The maximum atomic E-state index is 10.8. The highest BCUT2D eigenvalue weighted by atomic mass is 16.5. The highest BCUT2D eigenvalue weighted by Gasteiger charge is 1.96.